The van der Waals surface area contributed by atoms with Crippen molar-refractivity contribution >= 4 is 27.7 Å². The third-order valence-electron chi connectivity index (χ3n) is 1.74. The van der Waals surface area contributed by atoms with Gasteiger partial charge in [0, 0.05) is 5.02 Å². The van der Waals surface area contributed by atoms with Crippen molar-refractivity contribution in [1.82, 2.24) is 0 Å². The second-order valence-corrected chi connectivity index (χ2v) is 5.34. The summed E-state index contributed by atoms with van der Waals surface area (Å²) in [6, 6.07) is 6.66. The normalized spacial score (nSPS) is 11.2. The molecule has 0 atom stereocenters. The quantitative estimate of drug-likeness (QED) is 0.462. The van der Waals surface area contributed by atoms with E-state index in [-0.39, 0.29) is 6.42 Å². The van der Waals surface area contributed by atoms with Gasteiger partial charge in [-0.15, -0.1) is 0 Å². The van der Waals surface area contributed by atoms with Crippen LogP contribution in [0, 0.1) is 0 Å². The number of carbonyl (C=O) groups is 1. The number of halogens is 1. The third-order valence-corrected chi connectivity index (χ3v) is 2.52. The Labute approximate surface area is 104 Å². The Hall–Kier alpha value is -1.11. The summed E-state index contributed by atoms with van der Waals surface area (Å²) < 4.78 is 30.0. The molecule has 0 aliphatic rings. The number of rotatable bonds is 5. The molecule has 0 amide bonds. The van der Waals surface area contributed by atoms with Crippen LogP contribution < -0.4 is 0 Å². The molecule has 0 fully saturated rings. The zero-order valence-corrected chi connectivity index (χ0v) is 10.6. The van der Waals surface area contributed by atoms with E-state index in [0.29, 0.717) is 5.02 Å². The third kappa shape index (κ3) is 6.25. The highest BCUT2D eigenvalue weighted by molar-refractivity contribution is 7.85. The first-order valence-electron chi connectivity index (χ1n) is 4.61. The Morgan fingerprint density at radius 2 is 1.88 bits per heavy atom. The first kappa shape index (κ1) is 14.0. The minimum Gasteiger partial charge on any atom is -0.437 e. The molecule has 1 rings (SSSR count). The van der Waals surface area contributed by atoms with Crippen LogP contribution in [0.15, 0.2) is 24.3 Å². The molecule has 0 radical (unpaired) electrons. The fraction of sp³-hybridized carbons (Fsp3) is 0.300. The Kier molecular flexibility index (Phi) is 4.92. The molecule has 1 aromatic rings. The number of ether oxygens (including phenoxy) is 1. The fourth-order valence-corrected chi connectivity index (χ4v) is 1.35. The van der Waals surface area contributed by atoms with Gasteiger partial charge in [0.05, 0.1) is 12.7 Å². The molecular weight excluding hydrogens is 268 g/mol. The van der Waals surface area contributed by atoms with Gasteiger partial charge in [-0.05, 0) is 17.7 Å². The predicted molar refractivity (Wildman–Crippen MR) is 62.0 cm³/mol. The van der Waals surface area contributed by atoms with E-state index in [2.05, 4.69) is 8.92 Å². The van der Waals surface area contributed by atoms with Gasteiger partial charge in [0.25, 0.3) is 10.1 Å². The lowest BCUT2D eigenvalue weighted by Crippen LogP contribution is -2.13. The average molecular weight is 279 g/mol. The molecule has 0 aliphatic carbocycles. The minimum absolute atomic E-state index is 0.0320. The van der Waals surface area contributed by atoms with Crippen LogP contribution in [-0.2, 0) is 30.3 Å². The SMILES string of the molecule is CS(=O)(=O)OCOC(=O)Cc1ccc(Cl)cc1. The molecule has 0 aliphatic heterocycles. The molecule has 1 aromatic carbocycles. The minimum atomic E-state index is -3.59. The van der Waals surface area contributed by atoms with Gasteiger partial charge < -0.3 is 4.74 Å². The number of hydrogen-bond donors (Lipinski definition) is 0. The molecule has 0 saturated carbocycles. The number of hydrogen-bond acceptors (Lipinski definition) is 5. The van der Waals surface area contributed by atoms with E-state index in [9.17, 15) is 13.2 Å². The van der Waals surface area contributed by atoms with Crippen LogP contribution in [0.2, 0.25) is 5.02 Å². The lowest BCUT2D eigenvalue weighted by Gasteiger charge is -2.04. The summed E-state index contributed by atoms with van der Waals surface area (Å²) in [6.07, 6.45) is 0.907. The Morgan fingerprint density at radius 3 is 2.41 bits per heavy atom. The summed E-state index contributed by atoms with van der Waals surface area (Å²) in [5.41, 5.74) is 0.721. The lowest BCUT2D eigenvalue weighted by molar-refractivity contribution is -0.149. The Bertz CT molecular complexity index is 480. The highest BCUT2D eigenvalue weighted by Crippen LogP contribution is 2.10. The van der Waals surface area contributed by atoms with Crippen molar-refractivity contribution in [3.63, 3.8) is 0 Å². The van der Waals surface area contributed by atoms with Crippen molar-refractivity contribution in [2.75, 3.05) is 13.0 Å². The summed E-state index contributed by atoms with van der Waals surface area (Å²) in [5.74, 6) is -0.573. The Balaban J connectivity index is 2.37. The van der Waals surface area contributed by atoms with Gasteiger partial charge in [-0.25, -0.2) is 4.18 Å². The van der Waals surface area contributed by atoms with Crippen LogP contribution in [0.4, 0.5) is 0 Å². The molecular formula is C10H11ClO5S. The molecule has 0 unspecified atom stereocenters. The zero-order valence-electron chi connectivity index (χ0n) is 9.05. The van der Waals surface area contributed by atoms with E-state index in [1.807, 2.05) is 0 Å². The monoisotopic (exact) mass is 278 g/mol. The summed E-state index contributed by atoms with van der Waals surface area (Å²) in [4.78, 5) is 11.3. The van der Waals surface area contributed by atoms with E-state index in [1.165, 1.54) is 0 Å². The first-order valence-corrected chi connectivity index (χ1v) is 6.81. The van der Waals surface area contributed by atoms with Crippen LogP contribution in [0.5, 0.6) is 0 Å². The van der Waals surface area contributed by atoms with Crippen molar-refractivity contribution < 1.29 is 22.1 Å². The molecule has 0 heterocycles. The maximum absolute atomic E-state index is 11.3. The maximum atomic E-state index is 11.3. The van der Waals surface area contributed by atoms with Gasteiger partial charge >= 0.3 is 5.97 Å². The number of carbonyl (C=O) groups excluding carboxylic acids is 1. The second-order valence-electron chi connectivity index (χ2n) is 3.26. The van der Waals surface area contributed by atoms with Crippen LogP contribution in [0.3, 0.4) is 0 Å². The smallest absolute Gasteiger partial charge is 0.312 e. The lowest BCUT2D eigenvalue weighted by atomic mass is 10.2. The van der Waals surface area contributed by atoms with Gasteiger partial charge in [-0.1, -0.05) is 23.7 Å². The van der Waals surface area contributed by atoms with Crippen molar-refractivity contribution in [2.45, 2.75) is 6.42 Å². The zero-order chi connectivity index (χ0) is 12.9. The van der Waals surface area contributed by atoms with Gasteiger partial charge in [-0.2, -0.15) is 8.42 Å². The second kappa shape index (κ2) is 6.00. The molecule has 0 aromatic heterocycles. The average Bonchev–Trinajstić information content (AvgIpc) is 2.19. The standard InChI is InChI=1S/C10H11ClO5S/c1-17(13,14)16-7-15-10(12)6-8-2-4-9(11)5-3-8/h2-5H,6-7H2,1H3. The van der Waals surface area contributed by atoms with Crippen molar-refractivity contribution in [3.05, 3.63) is 34.9 Å². The van der Waals surface area contributed by atoms with Crippen molar-refractivity contribution in [3.8, 4) is 0 Å². The summed E-state index contributed by atoms with van der Waals surface area (Å²) in [7, 11) is -3.59. The highest BCUT2D eigenvalue weighted by Gasteiger charge is 2.07. The van der Waals surface area contributed by atoms with E-state index < -0.39 is 22.9 Å². The summed E-state index contributed by atoms with van der Waals surface area (Å²) >= 11 is 5.68. The van der Waals surface area contributed by atoms with E-state index in [4.69, 9.17) is 11.6 Å². The van der Waals surface area contributed by atoms with Crippen LogP contribution >= 0.6 is 11.6 Å². The van der Waals surface area contributed by atoms with Crippen LogP contribution in [0.1, 0.15) is 5.56 Å². The molecule has 0 bridgehead atoms. The first-order chi connectivity index (χ1) is 7.87. The topological polar surface area (TPSA) is 69.7 Å². The van der Waals surface area contributed by atoms with Gasteiger partial charge in [0.15, 0.2) is 0 Å². The molecule has 0 N–H and O–H groups in total. The van der Waals surface area contributed by atoms with E-state index >= 15 is 0 Å². The maximum Gasteiger partial charge on any atom is 0.312 e. The Morgan fingerprint density at radius 1 is 1.29 bits per heavy atom. The van der Waals surface area contributed by atoms with Crippen LogP contribution in [0.25, 0.3) is 0 Å². The fourth-order valence-electron chi connectivity index (χ4n) is 0.997. The van der Waals surface area contributed by atoms with E-state index in [1.54, 1.807) is 24.3 Å². The van der Waals surface area contributed by atoms with Crippen LogP contribution in [-0.4, -0.2) is 27.4 Å². The highest BCUT2D eigenvalue weighted by atomic mass is 35.5. The van der Waals surface area contributed by atoms with E-state index in [0.717, 1.165) is 11.8 Å². The van der Waals surface area contributed by atoms with Gasteiger partial charge in [0.1, 0.15) is 0 Å². The molecule has 7 heteroatoms. The number of esters is 1. The molecule has 0 spiro atoms. The number of benzene rings is 1. The predicted octanol–water partition coefficient (Wildman–Crippen LogP) is 1.36. The molecule has 5 nitrogen and oxygen atoms in total. The summed E-state index contributed by atoms with van der Waals surface area (Å²) in [5, 5.41) is 0.572. The van der Waals surface area contributed by atoms with Crippen molar-refractivity contribution in [2.24, 2.45) is 0 Å². The van der Waals surface area contributed by atoms with Gasteiger partial charge in [-0.3, -0.25) is 4.79 Å². The van der Waals surface area contributed by atoms with Crippen molar-refractivity contribution in [1.29, 1.82) is 0 Å². The summed E-state index contributed by atoms with van der Waals surface area (Å²) in [6.45, 7) is -0.606. The largest absolute Gasteiger partial charge is 0.437 e. The molecule has 0 saturated heterocycles. The molecule has 17 heavy (non-hydrogen) atoms. The molecule has 94 valence electrons. The van der Waals surface area contributed by atoms with Gasteiger partial charge in [0.2, 0.25) is 6.79 Å².